The first-order valence-electron chi connectivity index (χ1n) is 4.18. The van der Waals surface area contributed by atoms with Crippen LogP contribution in [0.15, 0.2) is 16.9 Å². The fourth-order valence-electron chi connectivity index (χ4n) is 0.314. The smallest absolute Gasteiger partial charge is 0.216 e. The van der Waals surface area contributed by atoms with E-state index in [0.29, 0.717) is 0 Å². The molecule has 1 aromatic rings. The quantitative estimate of drug-likeness (QED) is 0.629. The number of halogens is 1. The standard InChI is InChI=1S/C5H5BrN2O/c1-9-4-2-3-7-5(6)8-4/h2-3H,1H3/i1D2,2D,3D. The Morgan fingerprint density at radius 3 is 3.67 bits per heavy atom. The summed E-state index contributed by atoms with van der Waals surface area (Å²) in [6.45, 7) is 0. The van der Waals surface area contributed by atoms with Crippen LogP contribution in [0.1, 0.15) is 5.48 Å². The largest absolute Gasteiger partial charge is 0.481 e. The minimum absolute atomic E-state index is 0.101. The molecule has 0 atom stereocenters. The van der Waals surface area contributed by atoms with E-state index >= 15 is 0 Å². The summed E-state index contributed by atoms with van der Waals surface area (Å²) in [6.07, 6.45) is -0.308. The zero-order chi connectivity index (χ0) is 10.0. The Kier molecular flexibility index (Phi) is 0.914. The van der Waals surface area contributed by atoms with Crippen LogP contribution in [-0.4, -0.2) is 17.0 Å². The fourth-order valence-corrected chi connectivity index (χ4v) is 0.564. The molecule has 0 bridgehead atoms. The summed E-state index contributed by atoms with van der Waals surface area (Å²) >= 11 is 2.91. The average Bonchev–Trinajstić information content (AvgIpc) is 1.98. The Balaban J connectivity index is 3.05. The van der Waals surface area contributed by atoms with Crippen molar-refractivity contribution in [2.45, 2.75) is 0 Å². The summed E-state index contributed by atoms with van der Waals surface area (Å²) in [5.41, 5.74) is 0. The van der Waals surface area contributed by atoms with Crippen molar-refractivity contribution in [3.05, 3.63) is 16.9 Å². The van der Waals surface area contributed by atoms with E-state index in [4.69, 9.17) is 5.48 Å². The Labute approximate surface area is 66.8 Å². The van der Waals surface area contributed by atoms with Gasteiger partial charge in [0.05, 0.1) is 12.5 Å². The van der Waals surface area contributed by atoms with Crippen LogP contribution in [0.25, 0.3) is 0 Å². The summed E-state index contributed by atoms with van der Waals surface area (Å²) in [5.74, 6) is -0.234. The topological polar surface area (TPSA) is 35.0 Å². The zero-order valence-corrected chi connectivity index (χ0v) is 5.84. The Morgan fingerprint density at radius 1 is 2.00 bits per heavy atom. The minimum Gasteiger partial charge on any atom is -0.481 e. The third-order valence-electron chi connectivity index (χ3n) is 0.616. The second kappa shape index (κ2) is 2.77. The molecule has 0 aliphatic heterocycles. The molecule has 0 aliphatic rings. The van der Waals surface area contributed by atoms with Crippen LogP contribution in [0.2, 0.25) is 0 Å². The zero-order valence-electron chi connectivity index (χ0n) is 8.26. The lowest BCUT2D eigenvalue weighted by atomic mass is 10.6. The number of hydrogen-bond donors (Lipinski definition) is 0. The van der Waals surface area contributed by atoms with Crippen LogP contribution in [0.5, 0.6) is 5.88 Å². The van der Waals surface area contributed by atoms with E-state index in [1.165, 1.54) is 0 Å². The van der Waals surface area contributed by atoms with Crippen LogP contribution in [0, 0.1) is 0 Å². The van der Waals surface area contributed by atoms with Gasteiger partial charge in [-0.1, -0.05) is 0 Å². The van der Waals surface area contributed by atoms with Gasteiger partial charge in [0, 0.05) is 12.2 Å². The van der Waals surface area contributed by atoms with Crippen molar-refractivity contribution in [1.82, 2.24) is 9.97 Å². The maximum absolute atomic E-state index is 7.26. The van der Waals surface area contributed by atoms with Crippen LogP contribution < -0.4 is 4.74 Å². The number of ether oxygens (including phenoxy) is 1. The molecule has 0 N–H and O–H groups in total. The Morgan fingerprint density at radius 2 is 2.89 bits per heavy atom. The Hall–Kier alpha value is -0.640. The fraction of sp³-hybridized carbons (Fsp3) is 0.200. The highest BCUT2D eigenvalue weighted by Crippen LogP contribution is 2.07. The molecule has 48 valence electrons. The average molecular weight is 193 g/mol. The molecule has 3 nitrogen and oxygen atoms in total. The van der Waals surface area contributed by atoms with Crippen molar-refractivity contribution >= 4 is 15.9 Å². The third kappa shape index (κ3) is 1.64. The van der Waals surface area contributed by atoms with Gasteiger partial charge >= 0.3 is 0 Å². The van der Waals surface area contributed by atoms with Crippen LogP contribution in [0.3, 0.4) is 0 Å². The normalized spacial score (nSPS) is 15.8. The highest BCUT2D eigenvalue weighted by atomic mass is 79.9. The molecule has 1 rings (SSSR count). The van der Waals surface area contributed by atoms with Gasteiger partial charge in [0.15, 0.2) is 4.73 Å². The second-order valence-electron chi connectivity index (χ2n) is 1.15. The van der Waals surface area contributed by atoms with Crippen molar-refractivity contribution in [2.75, 3.05) is 7.06 Å². The van der Waals surface area contributed by atoms with Crippen molar-refractivity contribution in [2.24, 2.45) is 0 Å². The highest BCUT2D eigenvalue weighted by molar-refractivity contribution is 9.10. The van der Waals surface area contributed by atoms with Crippen molar-refractivity contribution < 1.29 is 10.2 Å². The molecule has 0 unspecified atom stereocenters. The minimum atomic E-state index is -1.56. The molecular formula is C5H5BrN2O. The first-order chi connectivity index (χ1) is 6.00. The van der Waals surface area contributed by atoms with Gasteiger partial charge in [-0.05, 0) is 15.9 Å². The predicted molar refractivity (Wildman–Crippen MR) is 36.3 cm³/mol. The first-order valence-corrected chi connectivity index (χ1v) is 2.82. The van der Waals surface area contributed by atoms with Crippen molar-refractivity contribution in [3.8, 4) is 5.88 Å². The molecular weight excluding hydrogens is 184 g/mol. The van der Waals surface area contributed by atoms with Gasteiger partial charge in [-0.15, -0.1) is 0 Å². The summed E-state index contributed by atoms with van der Waals surface area (Å²) in [7, 11) is -1.56. The van der Waals surface area contributed by atoms with Gasteiger partial charge in [0.2, 0.25) is 5.88 Å². The highest BCUT2D eigenvalue weighted by Gasteiger charge is 1.91. The number of aromatic nitrogens is 2. The molecule has 0 aliphatic carbocycles. The lowest BCUT2D eigenvalue weighted by molar-refractivity contribution is 0.395. The van der Waals surface area contributed by atoms with Gasteiger partial charge < -0.3 is 4.74 Å². The van der Waals surface area contributed by atoms with Gasteiger partial charge in [0.25, 0.3) is 0 Å². The lowest BCUT2D eigenvalue weighted by Gasteiger charge is -1.94. The molecule has 0 spiro atoms. The van der Waals surface area contributed by atoms with E-state index in [0.717, 1.165) is 0 Å². The van der Waals surface area contributed by atoms with Gasteiger partial charge in [-0.3, -0.25) is 0 Å². The maximum atomic E-state index is 7.26. The van der Waals surface area contributed by atoms with E-state index < -0.39 is 7.06 Å². The molecule has 1 heterocycles. The van der Waals surface area contributed by atoms with Gasteiger partial charge in [-0.2, -0.15) is 4.98 Å². The molecule has 4 heteroatoms. The molecule has 1 aromatic heterocycles. The van der Waals surface area contributed by atoms with Crippen LogP contribution in [-0.2, 0) is 0 Å². The first kappa shape index (κ1) is 2.96. The van der Waals surface area contributed by atoms with Gasteiger partial charge in [-0.25, -0.2) is 4.98 Å². The molecule has 0 aromatic carbocycles. The summed E-state index contributed by atoms with van der Waals surface area (Å²) in [5, 5.41) is 0. The number of methoxy groups -OCH3 is 1. The molecule has 0 saturated carbocycles. The van der Waals surface area contributed by atoms with Crippen molar-refractivity contribution in [3.63, 3.8) is 0 Å². The van der Waals surface area contributed by atoms with E-state index in [9.17, 15) is 0 Å². The summed E-state index contributed by atoms with van der Waals surface area (Å²) in [6, 6.07) is -0.326. The van der Waals surface area contributed by atoms with E-state index in [1.807, 2.05) is 0 Å². The van der Waals surface area contributed by atoms with E-state index in [1.54, 1.807) is 0 Å². The van der Waals surface area contributed by atoms with Crippen LogP contribution >= 0.6 is 15.9 Å². The second-order valence-corrected chi connectivity index (χ2v) is 1.86. The number of hydrogen-bond acceptors (Lipinski definition) is 3. The van der Waals surface area contributed by atoms with Crippen molar-refractivity contribution in [1.29, 1.82) is 0 Å². The molecule has 0 amide bonds. The monoisotopic (exact) mass is 192 g/mol. The number of nitrogens with zero attached hydrogens (tertiary/aromatic N) is 2. The molecule has 0 radical (unpaired) electrons. The van der Waals surface area contributed by atoms with Gasteiger partial charge in [0.1, 0.15) is 0 Å². The maximum Gasteiger partial charge on any atom is 0.216 e. The van der Waals surface area contributed by atoms with E-state index in [2.05, 4.69) is 30.6 Å². The summed E-state index contributed by atoms with van der Waals surface area (Å²) in [4.78, 5) is 7.13. The van der Waals surface area contributed by atoms with E-state index in [-0.39, 0.29) is 22.8 Å². The molecule has 0 saturated heterocycles. The Bertz CT molecular complexity index is 322. The predicted octanol–water partition coefficient (Wildman–Crippen LogP) is 1.25. The molecule has 0 fully saturated rings. The number of rotatable bonds is 1. The SMILES string of the molecule is [2H]c1nc(Br)nc(OC([2H])[2H])c1[2H]. The van der Waals surface area contributed by atoms with Crippen LogP contribution in [0.4, 0.5) is 0 Å². The molecule has 9 heavy (non-hydrogen) atoms. The third-order valence-corrected chi connectivity index (χ3v) is 0.971. The summed E-state index contributed by atoms with van der Waals surface area (Å²) < 4.78 is 32.6. The lowest BCUT2D eigenvalue weighted by Crippen LogP contribution is -1.88.